The Morgan fingerprint density at radius 3 is 1.70 bits per heavy atom. The summed E-state index contributed by atoms with van der Waals surface area (Å²) in [5, 5.41) is 0. The van der Waals surface area contributed by atoms with Crippen molar-refractivity contribution in [3.63, 3.8) is 0 Å². The summed E-state index contributed by atoms with van der Waals surface area (Å²) in [6.07, 6.45) is -0.456. The van der Waals surface area contributed by atoms with E-state index in [0.29, 0.717) is 33.0 Å². The minimum absolute atomic E-state index is 0.126. The van der Waals surface area contributed by atoms with Crippen molar-refractivity contribution in [1.29, 1.82) is 0 Å². The Bertz CT molecular complexity index is 854. The highest BCUT2D eigenvalue weighted by molar-refractivity contribution is 5.15. The summed E-state index contributed by atoms with van der Waals surface area (Å²) in [5.41, 5.74) is 3.42. The van der Waals surface area contributed by atoms with Crippen LogP contribution in [0.4, 0.5) is 0 Å². The Hall–Kier alpha value is -2.50. The van der Waals surface area contributed by atoms with E-state index in [-0.39, 0.29) is 18.3 Å². The van der Waals surface area contributed by atoms with E-state index in [1.54, 1.807) is 0 Å². The normalized spacial score (nSPS) is 21.0. The quantitative estimate of drug-likeness (QED) is 0.488. The zero-order valence-electron chi connectivity index (χ0n) is 17.1. The third kappa shape index (κ3) is 6.00. The van der Waals surface area contributed by atoms with E-state index in [2.05, 4.69) is 36.4 Å². The second-order valence-electron chi connectivity index (χ2n) is 7.47. The molecule has 0 radical (unpaired) electrons. The van der Waals surface area contributed by atoms with Crippen LogP contribution in [0.2, 0.25) is 0 Å². The van der Waals surface area contributed by atoms with Gasteiger partial charge in [0.25, 0.3) is 0 Å². The second kappa shape index (κ2) is 11.0. The van der Waals surface area contributed by atoms with Gasteiger partial charge in [-0.25, -0.2) is 0 Å². The Morgan fingerprint density at radius 1 is 0.633 bits per heavy atom. The maximum absolute atomic E-state index is 6.28. The fourth-order valence-electron chi connectivity index (χ4n) is 3.56. The molecule has 1 heterocycles. The van der Waals surface area contributed by atoms with Crippen LogP contribution in [0, 0.1) is 0 Å². The Morgan fingerprint density at radius 2 is 1.13 bits per heavy atom. The SMILES string of the molecule is c1ccc(COC[C@H]2OC[C@H](OCc3ccccc3)C2OCc2ccccc2)cc1. The van der Waals surface area contributed by atoms with Gasteiger partial charge in [0.1, 0.15) is 18.3 Å². The topological polar surface area (TPSA) is 36.9 Å². The minimum atomic E-state index is -0.176. The monoisotopic (exact) mass is 404 g/mol. The van der Waals surface area contributed by atoms with Crippen LogP contribution in [0.5, 0.6) is 0 Å². The van der Waals surface area contributed by atoms with Gasteiger partial charge >= 0.3 is 0 Å². The molecule has 1 saturated heterocycles. The van der Waals surface area contributed by atoms with E-state index < -0.39 is 0 Å². The predicted molar refractivity (Wildman–Crippen MR) is 116 cm³/mol. The van der Waals surface area contributed by atoms with Crippen molar-refractivity contribution in [2.75, 3.05) is 13.2 Å². The van der Waals surface area contributed by atoms with E-state index in [9.17, 15) is 0 Å². The zero-order chi connectivity index (χ0) is 20.4. The first-order valence-corrected chi connectivity index (χ1v) is 10.4. The lowest BCUT2D eigenvalue weighted by Crippen LogP contribution is -2.37. The maximum Gasteiger partial charge on any atom is 0.115 e. The van der Waals surface area contributed by atoms with Crippen LogP contribution in [-0.2, 0) is 38.8 Å². The summed E-state index contributed by atoms with van der Waals surface area (Å²) in [4.78, 5) is 0. The van der Waals surface area contributed by atoms with Gasteiger partial charge in [-0.05, 0) is 16.7 Å². The van der Waals surface area contributed by atoms with Crippen molar-refractivity contribution in [1.82, 2.24) is 0 Å². The van der Waals surface area contributed by atoms with E-state index in [0.717, 1.165) is 16.7 Å². The summed E-state index contributed by atoms with van der Waals surface area (Å²) in [7, 11) is 0. The lowest BCUT2D eigenvalue weighted by Gasteiger charge is -2.24. The molecule has 3 aromatic carbocycles. The molecule has 156 valence electrons. The molecule has 0 aliphatic carbocycles. The molecule has 30 heavy (non-hydrogen) atoms. The Labute approximate surface area is 178 Å². The van der Waals surface area contributed by atoms with Gasteiger partial charge in [-0.1, -0.05) is 91.0 Å². The van der Waals surface area contributed by atoms with Gasteiger partial charge in [0.2, 0.25) is 0 Å². The first-order valence-electron chi connectivity index (χ1n) is 10.4. The number of benzene rings is 3. The van der Waals surface area contributed by atoms with Crippen LogP contribution in [-0.4, -0.2) is 31.5 Å². The average molecular weight is 405 g/mol. The third-order valence-corrected chi connectivity index (χ3v) is 5.19. The molecule has 0 bridgehead atoms. The molecule has 4 heteroatoms. The minimum Gasteiger partial charge on any atom is -0.374 e. The number of ether oxygens (including phenoxy) is 4. The molecule has 0 aromatic heterocycles. The molecule has 3 aromatic rings. The van der Waals surface area contributed by atoms with Crippen LogP contribution in [0.15, 0.2) is 91.0 Å². The van der Waals surface area contributed by atoms with Crippen LogP contribution >= 0.6 is 0 Å². The van der Waals surface area contributed by atoms with Crippen LogP contribution in [0.25, 0.3) is 0 Å². The summed E-state index contributed by atoms with van der Waals surface area (Å²) in [5.74, 6) is 0. The third-order valence-electron chi connectivity index (χ3n) is 5.19. The lowest BCUT2D eigenvalue weighted by molar-refractivity contribution is -0.0895. The molecular formula is C26H28O4. The first-order chi connectivity index (χ1) is 14.9. The molecule has 4 rings (SSSR count). The molecule has 0 N–H and O–H groups in total. The fourth-order valence-corrected chi connectivity index (χ4v) is 3.56. The number of rotatable bonds is 10. The van der Waals surface area contributed by atoms with Crippen molar-refractivity contribution in [2.45, 2.75) is 38.1 Å². The highest BCUT2D eigenvalue weighted by Crippen LogP contribution is 2.24. The molecule has 0 saturated carbocycles. The first kappa shape index (κ1) is 20.8. The standard InChI is InChI=1S/C26H28O4/c1-4-10-21(11-5-1)16-27-19-24-26(30-18-23-14-8-3-9-15-23)25(20-29-24)28-17-22-12-6-2-7-13-22/h1-15,24-26H,16-20H2/t24-,25+,26?/m1/s1. The molecule has 4 nitrogen and oxygen atoms in total. The summed E-state index contributed by atoms with van der Waals surface area (Å²) >= 11 is 0. The van der Waals surface area contributed by atoms with Gasteiger partial charge in [0.15, 0.2) is 0 Å². The highest BCUT2D eigenvalue weighted by Gasteiger charge is 2.39. The van der Waals surface area contributed by atoms with E-state index >= 15 is 0 Å². The van der Waals surface area contributed by atoms with E-state index in [1.807, 2.05) is 54.6 Å². The van der Waals surface area contributed by atoms with Crippen molar-refractivity contribution in [3.05, 3.63) is 108 Å². The van der Waals surface area contributed by atoms with Crippen molar-refractivity contribution < 1.29 is 18.9 Å². The lowest BCUT2D eigenvalue weighted by atomic mass is 10.1. The summed E-state index contributed by atoms with van der Waals surface area (Å²) < 4.78 is 24.4. The zero-order valence-corrected chi connectivity index (χ0v) is 17.1. The summed E-state index contributed by atoms with van der Waals surface area (Å²) in [6.45, 7) is 2.60. The average Bonchev–Trinajstić information content (AvgIpc) is 3.20. The van der Waals surface area contributed by atoms with Gasteiger partial charge in [0.05, 0.1) is 33.0 Å². The van der Waals surface area contributed by atoms with Gasteiger partial charge in [0, 0.05) is 0 Å². The molecule has 0 spiro atoms. The number of hydrogen-bond acceptors (Lipinski definition) is 4. The molecule has 1 unspecified atom stereocenters. The van der Waals surface area contributed by atoms with Gasteiger partial charge in [-0.15, -0.1) is 0 Å². The van der Waals surface area contributed by atoms with Gasteiger partial charge < -0.3 is 18.9 Å². The predicted octanol–water partition coefficient (Wildman–Crippen LogP) is 4.77. The Balaban J connectivity index is 1.35. The Kier molecular flexibility index (Phi) is 7.64. The largest absolute Gasteiger partial charge is 0.374 e. The molecule has 1 aliphatic heterocycles. The van der Waals surface area contributed by atoms with Gasteiger partial charge in [-0.2, -0.15) is 0 Å². The highest BCUT2D eigenvalue weighted by atomic mass is 16.6. The molecule has 0 amide bonds. The summed E-state index contributed by atoms with van der Waals surface area (Å²) in [6, 6.07) is 30.5. The van der Waals surface area contributed by atoms with Gasteiger partial charge in [-0.3, -0.25) is 0 Å². The van der Waals surface area contributed by atoms with Crippen molar-refractivity contribution >= 4 is 0 Å². The van der Waals surface area contributed by atoms with E-state index in [4.69, 9.17) is 18.9 Å². The van der Waals surface area contributed by atoms with Crippen LogP contribution in [0.3, 0.4) is 0 Å². The fraction of sp³-hybridized carbons (Fsp3) is 0.308. The van der Waals surface area contributed by atoms with Crippen molar-refractivity contribution in [3.8, 4) is 0 Å². The molecular weight excluding hydrogens is 376 g/mol. The van der Waals surface area contributed by atoms with Crippen LogP contribution < -0.4 is 0 Å². The number of hydrogen-bond donors (Lipinski definition) is 0. The van der Waals surface area contributed by atoms with Crippen LogP contribution in [0.1, 0.15) is 16.7 Å². The van der Waals surface area contributed by atoms with Crippen molar-refractivity contribution in [2.24, 2.45) is 0 Å². The second-order valence-corrected chi connectivity index (χ2v) is 7.47. The maximum atomic E-state index is 6.28. The molecule has 1 fully saturated rings. The molecule has 3 atom stereocenters. The molecule has 1 aliphatic rings. The smallest absolute Gasteiger partial charge is 0.115 e. The van der Waals surface area contributed by atoms with E-state index in [1.165, 1.54) is 0 Å².